The molecular formula is C19H19F2N5O2. The predicted molar refractivity (Wildman–Crippen MR) is 99.2 cm³/mol. The zero-order chi connectivity index (χ0) is 19.7. The standard InChI is InChI=1S/C19H19F2N5O2/c1-11-14-7-12(21)3-2-4-16(14)28-13(8-20)9-22-19(27)15-10-23-26-6-5-17(24-11)25-18(15)26/h2,4-7,10-11,13H,3,8-9H2,1H3,(H,22,27)(H,24,25)/t11-,13+/m1/s1. The van der Waals surface area contributed by atoms with Crippen molar-refractivity contribution in [2.45, 2.75) is 25.5 Å². The Balaban J connectivity index is 1.82. The molecule has 2 aliphatic rings. The Morgan fingerprint density at radius 1 is 1.43 bits per heavy atom. The highest BCUT2D eigenvalue weighted by atomic mass is 19.1. The first-order valence-electron chi connectivity index (χ1n) is 8.93. The van der Waals surface area contributed by atoms with Gasteiger partial charge in [0, 0.05) is 18.2 Å². The summed E-state index contributed by atoms with van der Waals surface area (Å²) in [5.41, 5.74) is 1.17. The van der Waals surface area contributed by atoms with Gasteiger partial charge >= 0.3 is 0 Å². The predicted octanol–water partition coefficient (Wildman–Crippen LogP) is 2.70. The SMILES string of the molecule is C[C@H]1Nc2ccn3ncc(c3n2)C(=O)NC[C@H](CF)OC2=C1C=C(F)CC=C2. The number of aromatic nitrogens is 3. The highest BCUT2D eigenvalue weighted by Crippen LogP contribution is 2.25. The minimum Gasteiger partial charge on any atom is -0.485 e. The number of hydrogen-bond acceptors (Lipinski definition) is 5. The molecule has 1 aliphatic heterocycles. The van der Waals surface area contributed by atoms with E-state index in [1.807, 2.05) is 6.92 Å². The maximum absolute atomic E-state index is 14.1. The second-order valence-corrected chi connectivity index (χ2v) is 6.63. The number of ether oxygens (including phenoxy) is 1. The second-order valence-electron chi connectivity index (χ2n) is 6.63. The lowest BCUT2D eigenvalue weighted by Gasteiger charge is -2.22. The zero-order valence-electron chi connectivity index (χ0n) is 15.2. The Labute approximate surface area is 159 Å². The third-order valence-corrected chi connectivity index (χ3v) is 4.58. The van der Waals surface area contributed by atoms with Gasteiger partial charge in [-0.15, -0.1) is 0 Å². The molecule has 0 unspecified atom stereocenters. The van der Waals surface area contributed by atoms with Gasteiger partial charge in [-0.1, -0.05) is 6.08 Å². The maximum atomic E-state index is 14.1. The number of alkyl halides is 1. The lowest BCUT2D eigenvalue weighted by atomic mass is 10.1. The van der Waals surface area contributed by atoms with Crippen LogP contribution in [0.25, 0.3) is 5.65 Å². The molecule has 1 amide bonds. The summed E-state index contributed by atoms with van der Waals surface area (Å²) in [7, 11) is 0. The normalized spacial score (nSPS) is 22.8. The summed E-state index contributed by atoms with van der Waals surface area (Å²) in [6.45, 7) is 0.970. The number of rotatable bonds is 1. The first-order chi connectivity index (χ1) is 13.5. The lowest BCUT2D eigenvalue weighted by molar-refractivity contribution is 0.0807. The molecule has 2 aromatic rings. The molecule has 0 fully saturated rings. The van der Waals surface area contributed by atoms with E-state index in [1.165, 1.54) is 16.8 Å². The summed E-state index contributed by atoms with van der Waals surface area (Å²) in [6.07, 6.45) is 6.94. The number of halogens is 2. The third kappa shape index (κ3) is 3.47. The fraction of sp³-hybridized carbons (Fsp3) is 0.316. The van der Waals surface area contributed by atoms with E-state index in [0.717, 1.165) is 0 Å². The van der Waals surface area contributed by atoms with Crippen molar-refractivity contribution in [3.63, 3.8) is 0 Å². The molecule has 1 aliphatic carbocycles. The molecule has 0 saturated heterocycles. The van der Waals surface area contributed by atoms with Gasteiger partial charge in [-0.2, -0.15) is 5.10 Å². The Morgan fingerprint density at radius 3 is 3.11 bits per heavy atom. The van der Waals surface area contributed by atoms with E-state index in [9.17, 15) is 13.6 Å². The second kappa shape index (κ2) is 7.41. The van der Waals surface area contributed by atoms with Crippen molar-refractivity contribution >= 4 is 17.4 Å². The quantitative estimate of drug-likeness (QED) is 0.787. The van der Waals surface area contributed by atoms with Gasteiger partial charge in [0.2, 0.25) is 0 Å². The fourth-order valence-electron chi connectivity index (χ4n) is 3.14. The van der Waals surface area contributed by atoms with E-state index in [4.69, 9.17) is 4.74 Å². The van der Waals surface area contributed by atoms with E-state index in [0.29, 0.717) is 22.8 Å². The number of carbonyl (C=O) groups excluding carboxylic acids is 1. The van der Waals surface area contributed by atoms with Crippen LogP contribution in [-0.2, 0) is 4.74 Å². The van der Waals surface area contributed by atoms with Crippen molar-refractivity contribution in [2.75, 3.05) is 18.5 Å². The maximum Gasteiger partial charge on any atom is 0.256 e. The molecule has 0 spiro atoms. The van der Waals surface area contributed by atoms with Crippen LogP contribution in [0.4, 0.5) is 14.6 Å². The molecule has 2 atom stereocenters. The molecule has 4 rings (SSSR count). The van der Waals surface area contributed by atoms with E-state index in [-0.39, 0.29) is 30.4 Å². The average molecular weight is 387 g/mol. The molecule has 3 heterocycles. The van der Waals surface area contributed by atoms with Gasteiger partial charge in [-0.05, 0) is 25.1 Å². The van der Waals surface area contributed by atoms with Crippen LogP contribution in [0.15, 0.2) is 53.8 Å². The van der Waals surface area contributed by atoms with Crippen LogP contribution in [0.1, 0.15) is 23.7 Å². The van der Waals surface area contributed by atoms with Crippen LogP contribution in [-0.4, -0.2) is 45.9 Å². The molecule has 0 radical (unpaired) electrons. The summed E-state index contributed by atoms with van der Waals surface area (Å²) in [5.74, 6) is 0.0950. The number of fused-ring (bicyclic) bond motifs is 1. The third-order valence-electron chi connectivity index (χ3n) is 4.58. The first-order valence-corrected chi connectivity index (χ1v) is 8.93. The van der Waals surface area contributed by atoms with Gasteiger partial charge in [-0.3, -0.25) is 4.79 Å². The highest BCUT2D eigenvalue weighted by molar-refractivity contribution is 5.99. The van der Waals surface area contributed by atoms with Crippen molar-refractivity contribution in [3.05, 3.63) is 59.4 Å². The minimum absolute atomic E-state index is 0.0506. The summed E-state index contributed by atoms with van der Waals surface area (Å²) in [6, 6.07) is 1.32. The smallest absolute Gasteiger partial charge is 0.256 e. The molecule has 2 N–H and O–H groups in total. The first kappa shape index (κ1) is 18.1. The van der Waals surface area contributed by atoms with E-state index in [2.05, 4.69) is 20.7 Å². The van der Waals surface area contributed by atoms with E-state index >= 15 is 0 Å². The fourth-order valence-corrected chi connectivity index (χ4v) is 3.14. The van der Waals surface area contributed by atoms with Gasteiger partial charge in [0.15, 0.2) is 5.65 Å². The number of anilines is 1. The molecule has 2 aromatic heterocycles. The topological polar surface area (TPSA) is 80.5 Å². The minimum atomic E-state index is -0.914. The number of allylic oxidation sites excluding steroid dienone is 3. The van der Waals surface area contributed by atoms with Crippen LogP contribution >= 0.6 is 0 Å². The highest BCUT2D eigenvalue weighted by Gasteiger charge is 2.22. The molecule has 2 bridgehead atoms. The number of hydrogen-bond donors (Lipinski definition) is 2. The monoisotopic (exact) mass is 387 g/mol. The summed E-state index contributed by atoms with van der Waals surface area (Å²) in [5, 5.41) is 9.96. The zero-order valence-corrected chi connectivity index (χ0v) is 15.2. The van der Waals surface area contributed by atoms with Gasteiger partial charge in [-0.25, -0.2) is 18.3 Å². The van der Waals surface area contributed by atoms with Crippen molar-refractivity contribution in [3.8, 4) is 0 Å². The average Bonchev–Trinajstić information content (AvgIpc) is 3.01. The van der Waals surface area contributed by atoms with Gasteiger partial charge in [0.25, 0.3) is 5.91 Å². The summed E-state index contributed by atoms with van der Waals surface area (Å²) >= 11 is 0. The lowest BCUT2D eigenvalue weighted by Crippen LogP contribution is -2.35. The Morgan fingerprint density at radius 2 is 2.29 bits per heavy atom. The van der Waals surface area contributed by atoms with Crippen molar-refractivity contribution < 1.29 is 18.3 Å². The van der Waals surface area contributed by atoms with Crippen LogP contribution in [0.5, 0.6) is 0 Å². The van der Waals surface area contributed by atoms with Crippen LogP contribution in [0.3, 0.4) is 0 Å². The van der Waals surface area contributed by atoms with Crippen LogP contribution < -0.4 is 10.6 Å². The number of nitrogens with one attached hydrogen (secondary N) is 2. The van der Waals surface area contributed by atoms with Crippen LogP contribution in [0.2, 0.25) is 0 Å². The molecule has 7 nitrogen and oxygen atoms in total. The molecule has 0 saturated carbocycles. The number of amides is 1. The van der Waals surface area contributed by atoms with E-state index < -0.39 is 18.7 Å². The molecular weight excluding hydrogens is 368 g/mol. The summed E-state index contributed by atoms with van der Waals surface area (Å²) < 4.78 is 34.9. The molecule has 9 heteroatoms. The van der Waals surface area contributed by atoms with Gasteiger partial charge in [0.05, 0.1) is 18.8 Å². The van der Waals surface area contributed by atoms with Crippen molar-refractivity contribution in [1.29, 1.82) is 0 Å². The summed E-state index contributed by atoms with van der Waals surface area (Å²) in [4.78, 5) is 17.0. The Hall–Kier alpha value is -3.23. The van der Waals surface area contributed by atoms with Crippen LogP contribution in [0, 0.1) is 0 Å². The number of carbonyl (C=O) groups is 1. The van der Waals surface area contributed by atoms with E-state index in [1.54, 1.807) is 24.4 Å². The Kier molecular flexibility index (Phi) is 4.81. The van der Waals surface area contributed by atoms with Crippen molar-refractivity contribution in [2.24, 2.45) is 0 Å². The Bertz CT molecular complexity index is 1010. The molecule has 0 aromatic carbocycles. The molecule has 28 heavy (non-hydrogen) atoms. The number of nitrogens with zero attached hydrogens (tertiary/aromatic N) is 3. The van der Waals surface area contributed by atoms with Gasteiger partial charge in [0.1, 0.15) is 35.7 Å². The van der Waals surface area contributed by atoms with Crippen molar-refractivity contribution in [1.82, 2.24) is 19.9 Å². The largest absolute Gasteiger partial charge is 0.485 e. The molecule has 146 valence electrons. The van der Waals surface area contributed by atoms with Gasteiger partial charge < -0.3 is 15.4 Å².